The number of ether oxygens (including phenoxy) is 1. The first kappa shape index (κ1) is 17.2. The van der Waals surface area contributed by atoms with Gasteiger partial charge in [-0.3, -0.25) is 24.6 Å². The van der Waals surface area contributed by atoms with E-state index >= 15 is 0 Å². The van der Waals surface area contributed by atoms with Gasteiger partial charge in [0.1, 0.15) is 12.3 Å². The maximum atomic E-state index is 12.3. The van der Waals surface area contributed by atoms with Crippen molar-refractivity contribution in [3.63, 3.8) is 0 Å². The Kier molecular flexibility index (Phi) is 4.84. The predicted molar refractivity (Wildman–Crippen MR) is 89.3 cm³/mol. The summed E-state index contributed by atoms with van der Waals surface area (Å²) >= 11 is 0. The quantitative estimate of drug-likeness (QED) is 0.609. The van der Waals surface area contributed by atoms with Gasteiger partial charge in [0.05, 0.1) is 10.6 Å². The van der Waals surface area contributed by atoms with E-state index in [1.54, 1.807) is 0 Å². The van der Waals surface area contributed by atoms with Crippen LogP contribution in [0.5, 0.6) is 5.75 Å². The van der Waals surface area contributed by atoms with E-state index in [2.05, 4.69) is 5.32 Å². The molecular formula is C16H20N4O5. The van der Waals surface area contributed by atoms with E-state index in [1.807, 2.05) is 0 Å². The predicted octanol–water partition coefficient (Wildman–Crippen LogP) is 0.706. The number of carbonyl (C=O) groups excluding carboxylic acids is 2. The molecule has 1 heterocycles. The summed E-state index contributed by atoms with van der Waals surface area (Å²) in [5.41, 5.74) is 5.93. The fourth-order valence-electron chi connectivity index (χ4n) is 3.16. The number of non-ortho nitro benzene ring substituents is 1. The lowest BCUT2D eigenvalue weighted by Crippen LogP contribution is -2.48. The SMILES string of the molecule is NC1CCC(NC(=O)CN2C(=O)COc3ccc([N+](=O)[O-])cc32)CC1. The van der Waals surface area contributed by atoms with E-state index in [9.17, 15) is 19.7 Å². The van der Waals surface area contributed by atoms with Crippen LogP contribution in [0.1, 0.15) is 25.7 Å². The van der Waals surface area contributed by atoms with Gasteiger partial charge in [-0.2, -0.15) is 0 Å². The fraction of sp³-hybridized carbons (Fsp3) is 0.500. The zero-order valence-electron chi connectivity index (χ0n) is 13.6. The molecule has 0 atom stereocenters. The molecule has 0 unspecified atom stereocenters. The summed E-state index contributed by atoms with van der Waals surface area (Å²) in [6.45, 7) is -0.394. The van der Waals surface area contributed by atoms with Crippen LogP contribution in [0.4, 0.5) is 11.4 Å². The molecule has 2 amide bonds. The van der Waals surface area contributed by atoms with Gasteiger partial charge in [-0.25, -0.2) is 0 Å². The van der Waals surface area contributed by atoms with Gasteiger partial charge in [0.25, 0.3) is 11.6 Å². The minimum absolute atomic E-state index is 0.0491. The van der Waals surface area contributed by atoms with Gasteiger partial charge in [0.15, 0.2) is 6.61 Å². The van der Waals surface area contributed by atoms with Crippen molar-refractivity contribution in [2.75, 3.05) is 18.1 Å². The highest BCUT2D eigenvalue weighted by atomic mass is 16.6. The number of fused-ring (bicyclic) bond motifs is 1. The van der Waals surface area contributed by atoms with Crippen LogP contribution in [-0.2, 0) is 9.59 Å². The molecule has 1 fully saturated rings. The monoisotopic (exact) mass is 348 g/mol. The molecule has 1 aliphatic heterocycles. The van der Waals surface area contributed by atoms with Crippen LogP contribution in [0, 0.1) is 10.1 Å². The smallest absolute Gasteiger partial charge is 0.271 e. The lowest BCUT2D eigenvalue weighted by molar-refractivity contribution is -0.384. The van der Waals surface area contributed by atoms with Gasteiger partial charge in [-0.15, -0.1) is 0 Å². The molecule has 9 heteroatoms. The van der Waals surface area contributed by atoms with Crippen LogP contribution in [0.25, 0.3) is 0 Å². The molecular weight excluding hydrogens is 328 g/mol. The highest BCUT2D eigenvalue weighted by Gasteiger charge is 2.30. The topological polar surface area (TPSA) is 128 Å². The Morgan fingerprint density at radius 2 is 2.08 bits per heavy atom. The first-order chi connectivity index (χ1) is 11.9. The van der Waals surface area contributed by atoms with Crippen molar-refractivity contribution < 1.29 is 19.2 Å². The molecule has 0 radical (unpaired) electrons. The highest BCUT2D eigenvalue weighted by molar-refractivity contribution is 6.02. The van der Waals surface area contributed by atoms with Crippen molar-refractivity contribution in [2.24, 2.45) is 5.73 Å². The van der Waals surface area contributed by atoms with Crippen molar-refractivity contribution in [1.82, 2.24) is 5.32 Å². The Labute approximate surface area is 144 Å². The molecule has 9 nitrogen and oxygen atoms in total. The summed E-state index contributed by atoms with van der Waals surface area (Å²) in [4.78, 5) is 36.1. The Morgan fingerprint density at radius 1 is 1.36 bits per heavy atom. The van der Waals surface area contributed by atoms with Crippen molar-refractivity contribution in [3.8, 4) is 5.75 Å². The molecule has 1 aromatic rings. The minimum atomic E-state index is -0.553. The Hall–Kier alpha value is -2.68. The van der Waals surface area contributed by atoms with E-state index in [4.69, 9.17) is 10.5 Å². The van der Waals surface area contributed by atoms with E-state index in [0.29, 0.717) is 5.75 Å². The van der Waals surface area contributed by atoms with E-state index < -0.39 is 10.8 Å². The molecule has 134 valence electrons. The molecule has 0 saturated heterocycles. The standard InChI is InChI=1S/C16H20N4O5/c17-10-1-3-11(4-2-10)18-15(21)8-19-13-7-12(20(23)24)5-6-14(13)25-9-16(19)22/h5-7,10-11H,1-4,8-9,17H2,(H,18,21). The van der Waals surface area contributed by atoms with Crippen LogP contribution < -0.4 is 20.7 Å². The Bertz CT molecular complexity index is 700. The highest BCUT2D eigenvalue weighted by Crippen LogP contribution is 2.35. The summed E-state index contributed by atoms with van der Waals surface area (Å²) in [5, 5.41) is 13.9. The van der Waals surface area contributed by atoms with Crippen LogP contribution in [0.15, 0.2) is 18.2 Å². The molecule has 2 aliphatic rings. The molecule has 0 bridgehead atoms. The number of anilines is 1. The second kappa shape index (κ2) is 7.06. The Balaban J connectivity index is 1.71. The van der Waals surface area contributed by atoms with Crippen LogP contribution >= 0.6 is 0 Å². The number of nitrogens with one attached hydrogen (secondary N) is 1. The number of carbonyl (C=O) groups is 2. The molecule has 1 aliphatic carbocycles. The largest absolute Gasteiger partial charge is 0.482 e. The number of nitro groups is 1. The van der Waals surface area contributed by atoms with Crippen LogP contribution in [0.3, 0.4) is 0 Å². The van der Waals surface area contributed by atoms with Crippen molar-refractivity contribution in [3.05, 3.63) is 28.3 Å². The minimum Gasteiger partial charge on any atom is -0.482 e. The van der Waals surface area contributed by atoms with Crippen LogP contribution in [0.2, 0.25) is 0 Å². The van der Waals surface area contributed by atoms with Gasteiger partial charge < -0.3 is 15.8 Å². The average molecular weight is 348 g/mol. The van der Waals surface area contributed by atoms with Gasteiger partial charge in [0, 0.05) is 24.2 Å². The summed E-state index contributed by atoms with van der Waals surface area (Å²) < 4.78 is 5.28. The average Bonchev–Trinajstić information content (AvgIpc) is 2.59. The first-order valence-electron chi connectivity index (χ1n) is 8.20. The molecule has 1 aromatic carbocycles. The molecule has 3 N–H and O–H groups in total. The number of amides is 2. The third-order valence-corrected chi connectivity index (χ3v) is 4.54. The summed E-state index contributed by atoms with van der Waals surface area (Å²) in [6, 6.07) is 4.22. The second-order valence-corrected chi connectivity index (χ2v) is 6.36. The number of nitrogens with two attached hydrogens (primary N) is 1. The lowest BCUT2D eigenvalue weighted by atomic mass is 9.92. The number of nitro benzene ring substituents is 1. The van der Waals surface area contributed by atoms with Crippen molar-refractivity contribution in [1.29, 1.82) is 0 Å². The van der Waals surface area contributed by atoms with Gasteiger partial charge >= 0.3 is 0 Å². The zero-order valence-corrected chi connectivity index (χ0v) is 13.6. The number of nitrogens with zero attached hydrogens (tertiary/aromatic N) is 2. The molecule has 0 spiro atoms. The molecule has 25 heavy (non-hydrogen) atoms. The number of rotatable bonds is 4. The van der Waals surface area contributed by atoms with E-state index in [0.717, 1.165) is 25.7 Å². The van der Waals surface area contributed by atoms with E-state index in [-0.39, 0.29) is 42.5 Å². The molecule has 1 saturated carbocycles. The normalized spacial score (nSPS) is 22.8. The zero-order chi connectivity index (χ0) is 18.0. The molecule has 3 rings (SSSR count). The van der Waals surface area contributed by atoms with Crippen LogP contribution in [-0.4, -0.2) is 42.0 Å². The van der Waals surface area contributed by atoms with Gasteiger partial charge in [-0.05, 0) is 31.7 Å². The van der Waals surface area contributed by atoms with Gasteiger partial charge in [-0.1, -0.05) is 0 Å². The second-order valence-electron chi connectivity index (χ2n) is 6.36. The summed E-state index contributed by atoms with van der Waals surface area (Å²) in [7, 11) is 0. The summed E-state index contributed by atoms with van der Waals surface area (Å²) in [6.07, 6.45) is 3.34. The van der Waals surface area contributed by atoms with Crippen molar-refractivity contribution in [2.45, 2.75) is 37.8 Å². The lowest BCUT2D eigenvalue weighted by Gasteiger charge is -2.30. The number of hydrogen-bond donors (Lipinski definition) is 2. The Morgan fingerprint density at radius 3 is 2.76 bits per heavy atom. The third-order valence-electron chi connectivity index (χ3n) is 4.54. The maximum absolute atomic E-state index is 12.3. The first-order valence-corrected chi connectivity index (χ1v) is 8.20. The van der Waals surface area contributed by atoms with Gasteiger partial charge in [0.2, 0.25) is 5.91 Å². The fourth-order valence-corrected chi connectivity index (χ4v) is 3.16. The number of hydrogen-bond acceptors (Lipinski definition) is 6. The maximum Gasteiger partial charge on any atom is 0.271 e. The van der Waals surface area contributed by atoms with Crippen molar-refractivity contribution >= 4 is 23.2 Å². The molecule has 0 aromatic heterocycles. The third kappa shape index (κ3) is 3.87. The number of benzene rings is 1. The van der Waals surface area contributed by atoms with E-state index in [1.165, 1.54) is 23.1 Å². The summed E-state index contributed by atoms with van der Waals surface area (Å²) in [5.74, 6) is -0.358.